The largest absolute Gasteiger partial charge is 0.334 e. The molecule has 0 bridgehead atoms. The van der Waals surface area contributed by atoms with Crippen LogP contribution < -0.4 is 0 Å². The van der Waals surface area contributed by atoms with Crippen LogP contribution >= 0.6 is 23.1 Å². The van der Waals surface area contributed by atoms with Crippen LogP contribution in [0.15, 0.2) is 0 Å². The molecule has 1 saturated heterocycles. The van der Waals surface area contributed by atoms with Crippen LogP contribution in [-0.4, -0.2) is 43.3 Å². The average Bonchev–Trinajstić information content (AvgIpc) is 2.77. The van der Waals surface area contributed by atoms with Gasteiger partial charge >= 0.3 is 17.8 Å². The molecule has 1 fully saturated rings. The van der Waals surface area contributed by atoms with Crippen LogP contribution in [0.2, 0.25) is 4.34 Å². The standard InChI is InChI=1S/C9H9ClN4O3S/c1-4(2)14-8(16)7(15)13(9(14)17)3-5-6(10)18-12-11-5/h4H,3H2,1-2H3. The summed E-state index contributed by atoms with van der Waals surface area (Å²) in [6.07, 6.45) is 0. The Labute approximate surface area is 111 Å². The van der Waals surface area contributed by atoms with Gasteiger partial charge in [-0.15, -0.1) is 5.10 Å². The molecule has 7 nitrogen and oxygen atoms in total. The number of halogens is 1. The predicted molar refractivity (Wildman–Crippen MR) is 62.8 cm³/mol. The maximum absolute atomic E-state index is 11.9. The summed E-state index contributed by atoms with van der Waals surface area (Å²) in [5.74, 6) is -1.69. The molecule has 0 N–H and O–H groups in total. The Kier molecular flexibility index (Phi) is 3.31. The van der Waals surface area contributed by atoms with Crippen molar-refractivity contribution in [1.82, 2.24) is 19.4 Å². The molecule has 2 rings (SSSR count). The molecule has 0 radical (unpaired) electrons. The van der Waals surface area contributed by atoms with Gasteiger partial charge < -0.3 is 0 Å². The van der Waals surface area contributed by atoms with Gasteiger partial charge in [0.05, 0.1) is 6.54 Å². The summed E-state index contributed by atoms with van der Waals surface area (Å²) in [6.45, 7) is 3.18. The van der Waals surface area contributed by atoms with Crippen molar-refractivity contribution in [2.75, 3.05) is 0 Å². The predicted octanol–water partition coefficient (Wildman–Crippen LogP) is 0.891. The molecule has 18 heavy (non-hydrogen) atoms. The van der Waals surface area contributed by atoms with E-state index in [1.165, 1.54) is 0 Å². The quantitative estimate of drug-likeness (QED) is 0.609. The summed E-state index contributed by atoms with van der Waals surface area (Å²) in [4.78, 5) is 37.0. The van der Waals surface area contributed by atoms with E-state index in [9.17, 15) is 14.4 Å². The van der Waals surface area contributed by atoms with Gasteiger partial charge in [0.1, 0.15) is 10.0 Å². The van der Waals surface area contributed by atoms with Crippen molar-refractivity contribution in [3.05, 3.63) is 10.0 Å². The topological polar surface area (TPSA) is 83.5 Å². The highest BCUT2D eigenvalue weighted by atomic mass is 35.5. The molecule has 0 saturated carbocycles. The summed E-state index contributed by atoms with van der Waals surface area (Å²) >= 11 is 6.75. The van der Waals surface area contributed by atoms with Crippen molar-refractivity contribution in [3.63, 3.8) is 0 Å². The minimum atomic E-state index is -0.863. The second-order valence-electron chi connectivity index (χ2n) is 3.94. The number of amides is 4. The van der Waals surface area contributed by atoms with E-state index in [0.29, 0.717) is 10.0 Å². The number of hydrogen-bond acceptors (Lipinski definition) is 6. The van der Waals surface area contributed by atoms with Crippen LogP contribution in [-0.2, 0) is 16.1 Å². The zero-order chi connectivity index (χ0) is 13.4. The highest BCUT2D eigenvalue weighted by Gasteiger charge is 2.45. The van der Waals surface area contributed by atoms with Crippen LogP contribution in [0.3, 0.4) is 0 Å². The average molecular weight is 289 g/mol. The molecule has 1 aromatic rings. The number of aromatic nitrogens is 2. The number of urea groups is 1. The molecule has 0 aliphatic carbocycles. The highest BCUT2D eigenvalue weighted by molar-refractivity contribution is 7.10. The van der Waals surface area contributed by atoms with Crippen LogP contribution in [0.4, 0.5) is 4.79 Å². The molecule has 0 aromatic carbocycles. The van der Waals surface area contributed by atoms with Crippen molar-refractivity contribution in [2.24, 2.45) is 0 Å². The van der Waals surface area contributed by atoms with Crippen LogP contribution in [0, 0.1) is 0 Å². The Morgan fingerprint density at radius 3 is 2.39 bits per heavy atom. The molecule has 1 aliphatic heterocycles. The van der Waals surface area contributed by atoms with E-state index < -0.39 is 17.8 Å². The second kappa shape index (κ2) is 4.62. The van der Waals surface area contributed by atoms with Gasteiger partial charge in [0.2, 0.25) is 0 Å². The van der Waals surface area contributed by atoms with E-state index in [-0.39, 0.29) is 12.6 Å². The third-order valence-electron chi connectivity index (χ3n) is 2.42. The molecule has 0 unspecified atom stereocenters. The lowest BCUT2D eigenvalue weighted by Gasteiger charge is -2.17. The van der Waals surface area contributed by atoms with Crippen molar-refractivity contribution in [3.8, 4) is 0 Å². The number of hydrogen-bond donors (Lipinski definition) is 0. The van der Waals surface area contributed by atoms with Gasteiger partial charge in [-0.2, -0.15) is 0 Å². The number of carbonyl (C=O) groups is 3. The van der Waals surface area contributed by atoms with E-state index in [4.69, 9.17) is 11.6 Å². The van der Waals surface area contributed by atoms with Crippen LogP contribution in [0.25, 0.3) is 0 Å². The molecule has 1 aromatic heterocycles. The fourth-order valence-electron chi connectivity index (χ4n) is 1.56. The fraction of sp³-hybridized carbons (Fsp3) is 0.444. The lowest BCUT2D eigenvalue weighted by atomic mass is 10.3. The third-order valence-corrected chi connectivity index (χ3v) is 3.40. The van der Waals surface area contributed by atoms with E-state index in [0.717, 1.165) is 21.3 Å². The number of nitrogens with zero attached hydrogens (tertiary/aromatic N) is 4. The van der Waals surface area contributed by atoms with Gasteiger partial charge in [0.15, 0.2) is 0 Å². The first kappa shape index (κ1) is 12.9. The zero-order valence-electron chi connectivity index (χ0n) is 9.58. The van der Waals surface area contributed by atoms with Gasteiger partial charge in [-0.3, -0.25) is 14.5 Å². The van der Waals surface area contributed by atoms with Crippen molar-refractivity contribution >= 4 is 41.0 Å². The number of rotatable bonds is 3. The van der Waals surface area contributed by atoms with Crippen molar-refractivity contribution in [1.29, 1.82) is 0 Å². The monoisotopic (exact) mass is 288 g/mol. The Morgan fingerprint density at radius 1 is 1.28 bits per heavy atom. The molecule has 9 heteroatoms. The number of carbonyl (C=O) groups excluding carboxylic acids is 3. The minimum Gasteiger partial charge on any atom is -0.263 e. The Bertz CT molecular complexity index is 530. The molecule has 96 valence electrons. The molecule has 0 atom stereocenters. The summed E-state index contributed by atoms with van der Waals surface area (Å²) in [5.41, 5.74) is 0.307. The maximum atomic E-state index is 11.9. The first-order valence-electron chi connectivity index (χ1n) is 5.09. The van der Waals surface area contributed by atoms with E-state index in [1.807, 2.05) is 0 Å². The fourth-order valence-corrected chi connectivity index (χ4v) is 2.17. The smallest absolute Gasteiger partial charge is 0.263 e. The van der Waals surface area contributed by atoms with Crippen molar-refractivity contribution < 1.29 is 14.4 Å². The van der Waals surface area contributed by atoms with Gasteiger partial charge in [-0.25, -0.2) is 9.69 Å². The van der Waals surface area contributed by atoms with Gasteiger partial charge in [0.25, 0.3) is 0 Å². The summed E-state index contributed by atoms with van der Waals surface area (Å²) < 4.78 is 3.90. The lowest BCUT2D eigenvalue weighted by Crippen LogP contribution is -2.37. The van der Waals surface area contributed by atoms with E-state index in [1.54, 1.807) is 13.8 Å². The summed E-state index contributed by atoms with van der Waals surface area (Å²) in [7, 11) is 0. The van der Waals surface area contributed by atoms with Gasteiger partial charge in [-0.1, -0.05) is 16.1 Å². The highest BCUT2D eigenvalue weighted by Crippen LogP contribution is 2.22. The first-order chi connectivity index (χ1) is 8.43. The minimum absolute atomic E-state index is 0.137. The molecular weight excluding hydrogens is 280 g/mol. The van der Waals surface area contributed by atoms with E-state index >= 15 is 0 Å². The van der Waals surface area contributed by atoms with E-state index in [2.05, 4.69) is 9.59 Å². The van der Waals surface area contributed by atoms with Crippen LogP contribution in [0.5, 0.6) is 0 Å². The lowest BCUT2D eigenvalue weighted by molar-refractivity contribution is -0.144. The van der Waals surface area contributed by atoms with Gasteiger partial charge in [0, 0.05) is 17.6 Å². The van der Waals surface area contributed by atoms with Crippen molar-refractivity contribution in [2.45, 2.75) is 26.4 Å². The Hall–Kier alpha value is -1.54. The molecule has 0 spiro atoms. The zero-order valence-corrected chi connectivity index (χ0v) is 11.2. The molecule has 1 aliphatic rings. The van der Waals surface area contributed by atoms with Crippen LogP contribution in [0.1, 0.15) is 19.5 Å². The molecular formula is C9H9ClN4O3S. The Balaban J connectivity index is 2.25. The second-order valence-corrected chi connectivity index (χ2v) is 5.29. The molecule has 2 heterocycles. The Morgan fingerprint density at radius 2 is 1.94 bits per heavy atom. The normalized spacial score (nSPS) is 16.3. The summed E-state index contributed by atoms with van der Waals surface area (Å²) in [5, 5.41) is 3.70. The molecule has 4 amide bonds. The first-order valence-corrected chi connectivity index (χ1v) is 6.24. The third kappa shape index (κ3) is 1.97. The number of imide groups is 2. The maximum Gasteiger partial charge on any atom is 0.334 e. The SMILES string of the molecule is CC(C)N1C(=O)C(=O)N(Cc2nnsc2Cl)C1=O. The van der Waals surface area contributed by atoms with Gasteiger partial charge in [-0.05, 0) is 13.8 Å². The summed E-state index contributed by atoms with van der Waals surface area (Å²) in [6, 6.07) is -1.02.